The molecule has 2 nitrogen and oxygen atoms in total. The van der Waals surface area contributed by atoms with Crippen molar-refractivity contribution in [3.05, 3.63) is 29.7 Å². The quantitative estimate of drug-likeness (QED) is 0.407. The number of aromatic nitrogens is 1. The van der Waals surface area contributed by atoms with Gasteiger partial charge in [-0.1, -0.05) is 13.8 Å². The van der Waals surface area contributed by atoms with E-state index in [-0.39, 0.29) is 0 Å². The summed E-state index contributed by atoms with van der Waals surface area (Å²) in [6.07, 6.45) is 3.06. The molecule has 0 spiro atoms. The summed E-state index contributed by atoms with van der Waals surface area (Å²) >= 11 is 1.78. The highest BCUT2D eigenvalue weighted by atomic mass is 32.2. The molecule has 66 valence electrons. The van der Waals surface area contributed by atoms with Crippen molar-refractivity contribution >= 4 is 11.8 Å². The number of hydrogen-bond donors (Lipinski definition) is 0. The predicted octanol–water partition coefficient (Wildman–Crippen LogP) is 2.07. The molecule has 0 aliphatic heterocycles. The smallest absolute Gasteiger partial charge is 0.181 e. The molecule has 12 heavy (non-hydrogen) atoms. The highest BCUT2D eigenvalue weighted by Gasteiger charge is 1.98. The largest absolute Gasteiger partial charge is 0.619 e. The van der Waals surface area contributed by atoms with E-state index in [9.17, 15) is 5.21 Å². The van der Waals surface area contributed by atoms with Crippen LogP contribution in [-0.4, -0.2) is 5.75 Å². The van der Waals surface area contributed by atoms with Crippen LogP contribution in [0.2, 0.25) is 0 Å². The third-order valence-electron chi connectivity index (χ3n) is 1.35. The Morgan fingerprint density at radius 3 is 2.50 bits per heavy atom. The van der Waals surface area contributed by atoms with Gasteiger partial charge in [0.1, 0.15) is 0 Å². The van der Waals surface area contributed by atoms with Crippen LogP contribution in [0.3, 0.4) is 0 Å². The molecule has 1 aromatic rings. The van der Waals surface area contributed by atoms with Crippen molar-refractivity contribution in [3.63, 3.8) is 0 Å². The third-order valence-corrected chi connectivity index (χ3v) is 2.79. The summed E-state index contributed by atoms with van der Waals surface area (Å²) in [6.45, 7) is 4.37. The molecule has 0 saturated heterocycles. The molecule has 0 saturated carbocycles. The topological polar surface area (TPSA) is 26.9 Å². The molecule has 0 bridgehead atoms. The van der Waals surface area contributed by atoms with E-state index < -0.39 is 0 Å². The lowest BCUT2D eigenvalue weighted by molar-refractivity contribution is -0.605. The van der Waals surface area contributed by atoms with E-state index in [0.717, 1.165) is 15.4 Å². The lowest BCUT2D eigenvalue weighted by atomic mass is 10.3. The first-order chi connectivity index (χ1) is 5.68. The summed E-state index contributed by atoms with van der Waals surface area (Å²) in [7, 11) is 0. The molecular weight excluding hydrogens is 170 g/mol. The minimum atomic E-state index is 0.689. The second-order valence-electron chi connectivity index (χ2n) is 3.10. The molecular formula is C9H13NOS. The van der Waals surface area contributed by atoms with E-state index in [2.05, 4.69) is 13.8 Å². The first-order valence-electron chi connectivity index (χ1n) is 4.00. The standard InChI is InChI=1S/C9H13NOS/c1-8(2)7-12-9-3-5-10(11)6-4-9/h3-6,8H,7H2,1-2H3. The Kier molecular flexibility index (Phi) is 3.41. The average molecular weight is 183 g/mol. The summed E-state index contributed by atoms with van der Waals surface area (Å²) in [5, 5.41) is 10.7. The fraction of sp³-hybridized carbons (Fsp3) is 0.444. The molecule has 0 aromatic carbocycles. The number of pyridine rings is 1. The first kappa shape index (κ1) is 9.39. The Morgan fingerprint density at radius 2 is 2.00 bits per heavy atom. The number of thioether (sulfide) groups is 1. The van der Waals surface area contributed by atoms with Gasteiger partial charge in [0.2, 0.25) is 0 Å². The summed E-state index contributed by atoms with van der Waals surface area (Å²) in [6, 6.07) is 3.69. The Labute approximate surface area is 77.2 Å². The molecule has 0 unspecified atom stereocenters. The second-order valence-corrected chi connectivity index (χ2v) is 4.19. The van der Waals surface area contributed by atoms with Gasteiger partial charge < -0.3 is 5.21 Å². The van der Waals surface area contributed by atoms with Gasteiger partial charge >= 0.3 is 0 Å². The Bertz CT molecular complexity index is 233. The van der Waals surface area contributed by atoms with Crippen molar-refractivity contribution in [2.75, 3.05) is 5.75 Å². The predicted molar refractivity (Wildman–Crippen MR) is 51.0 cm³/mol. The van der Waals surface area contributed by atoms with Gasteiger partial charge in [-0.2, -0.15) is 4.73 Å². The van der Waals surface area contributed by atoms with Gasteiger partial charge in [0, 0.05) is 22.8 Å². The summed E-state index contributed by atoms with van der Waals surface area (Å²) in [5.74, 6) is 1.79. The van der Waals surface area contributed by atoms with E-state index in [1.807, 2.05) is 12.1 Å². The molecule has 1 aromatic heterocycles. The lowest BCUT2D eigenvalue weighted by Crippen LogP contribution is -2.23. The zero-order chi connectivity index (χ0) is 8.97. The van der Waals surface area contributed by atoms with Gasteiger partial charge in [-0.05, 0) is 5.92 Å². The van der Waals surface area contributed by atoms with Crippen LogP contribution in [-0.2, 0) is 0 Å². The van der Waals surface area contributed by atoms with Crippen LogP contribution < -0.4 is 4.73 Å². The molecule has 0 N–H and O–H groups in total. The van der Waals surface area contributed by atoms with Crippen molar-refractivity contribution in [3.8, 4) is 0 Å². The average Bonchev–Trinajstić information content (AvgIpc) is 2.03. The third kappa shape index (κ3) is 3.13. The summed E-state index contributed by atoms with van der Waals surface area (Å²) in [4.78, 5) is 1.16. The zero-order valence-corrected chi connectivity index (χ0v) is 8.17. The van der Waals surface area contributed by atoms with Crippen LogP contribution in [0.25, 0.3) is 0 Å². The van der Waals surface area contributed by atoms with Crippen LogP contribution in [0.5, 0.6) is 0 Å². The molecule has 0 radical (unpaired) electrons. The van der Waals surface area contributed by atoms with Crippen LogP contribution in [0.1, 0.15) is 13.8 Å². The molecule has 1 rings (SSSR count). The van der Waals surface area contributed by atoms with E-state index >= 15 is 0 Å². The maximum absolute atomic E-state index is 10.7. The molecule has 0 fully saturated rings. The maximum Gasteiger partial charge on any atom is 0.181 e. The summed E-state index contributed by atoms with van der Waals surface area (Å²) in [5.41, 5.74) is 0. The Balaban J connectivity index is 2.48. The van der Waals surface area contributed by atoms with Gasteiger partial charge in [0.15, 0.2) is 12.4 Å². The van der Waals surface area contributed by atoms with Gasteiger partial charge in [-0.15, -0.1) is 11.8 Å². The number of nitrogens with zero attached hydrogens (tertiary/aromatic N) is 1. The highest BCUT2D eigenvalue weighted by molar-refractivity contribution is 7.99. The van der Waals surface area contributed by atoms with E-state index in [0.29, 0.717) is 5.92 Å². The molecule has 0 atom stereocenters. The highest BCUT2D eigenvalue weighted by Crippen LogP contribution is 2.18. The molecule has 3 heteroatoms. The fourth-order valence-electron chi connectivity index (χ4n) is 0.758. The first-order valence-corrected chi connectivity index (χ1v) is 4.98. The molecule has 0 aliphatic rings. The van der Waals surface area contributed by atoms with Crippen molar-refractivity contribution in [2.45, 2.75) is 18.7 Å². The molecule has 0 amide bonds. The van der Waals surface area contributed by atoms with E-state index in [1.165, 1.54) is 12.4 Å². The minimum Gasteiger partial charge on any atom is -0.619 e. The second kappa shape index (κ2) is 4.36. The Morgan fingerprint density at radius 1 is 1.42 bits per heavy atom. The van der Waals surface area contributed by atoms with Gasteiger partial charge in [0.25, 0.3) is 0 Å². The van der Waals surface area contributed by atoms with E-state index in [1.54, 1.807) is 11.8 Å². The number of rotatable bonds is 3. The van der Waals surface area contributed by atoms with Gasteiger partial charge in [-0.3, -0.25) is 0 Å². The van der Waals surface area contributed by atoms with Crippen LogP contribution in [0, 0.1) is 11.1 Å². The Hall–Kier alpha value is -0.700. The van der Waals surface area contributed by atoms with Crippen molar-refractivity contribution in [2.24, 2.45) is 5.92 Å². The SMILES string of the molecule is CC(C)CSc1cc[n+]([O-])cc1. The van der Waals surface area contributed by atoms with Crippen LogP contribution in [0.4, 0.5) is 0 Å². The maximum atomic E-state index is 10.7. The van der Waals surface area contributed by atoms with Crippen molar-refractivity contribution < 1.29 is 4.73 Å². The van der Waals surface area contributed by atoms with E-state index in [4.69, 9.17) is 0 Å². The normalized spacial score (nSPS) is 10.6. The van der Waals surface area contributed by atoms with Crippen LogP contribution in [0.15, 0.2) is 29.4 Å². The van der Waals surface area contributed by atoms with Gasteiger partial charge in [-0.25, -0.2) is 0 Å². The van der Waals surface area contributed by atoms with Gasteiger partial charge in [0.05, 0.1) is 0 Å². The fourth-order valence-corrected chi connectivity index (χ4v) is 1.60. The lowest BCUT2D eigenvalue weighted by Gasteiger charge is -2.03. The minimum absolute atomic E-state index is 0.689. The molecule has 0 aliphatic carbocycles. The van der Waals surface area contributed by atoms with Crippen molar-refractivity contribution in [1.29, 1.82) is 0 Å². The molecule has 1 heterocycles. The summed E-state index contributed by atoms with van der Waals surface area (Å²) < 4.78 is 0.805. The zero-order valence-electron chi connectivity index (χ0n) is 7.36. The monoisotopic (exact) mass is 183 g/mol. The van der Waals surface area contributed by atoms with Crippen molar-refractivity contribution in [1.82, 2.24) is 0 Å². The number of hydrogen-bond acceptors (Lipinski definition) is 2. The van der Waals surface area contributed by atoms with Crippen LogP contribution >= 0.6 is 11.8 Å².